The molecule has 0 saturated carbocycles. The quantitative estimate of drug-likeness (QED) is 0.741. The van der Waals surface area contributed by atoms with E-state index in [1.54, 1.807) is 4.57 Å². The highest BCUT2D eigenvalue weighted by atomic mass is 19.1. The van der Waals surface area contributed by atoms with E-state index in [1.807, 2.05) is 12.1 Å². The van der Waals surface area contributed by atoms with Crippen LogP contribution in [0.25, 0.3) is 10.9 Å². The van der Waals surface area contributed by atoms with Gasteiger partial charge in [-0.15, -0.1) is 0 Å². The van der Waals surface area contributed by atoms with Crippen molar-refractivity contribution in [1.82, 2.24) is 9.88 Å². The Balaban J connectivity index is 1.76. The molecule has 0 aliphatic carbocycles. The molecule has 2 aliphatic rings. The molecule has 5 rings (SSSR count). The molecule has 6 heteroatoms. The standard InChI is InChI=1S/C19H15FN2O3/c20-12-3-1-11(2-4-12)19(23)22-15-5-6-21-9-14(15)13-7-17-18(8-16(13)22)25-10-24-17/h1-4,7-8,21H,5-6,9-10H2. The van der Waals surface area contributed by atoms with Crippen molar-refractivity contribution < 1.29 is 18.7 Å². The topological polar surface area (TPSA) is 52.5 Å². The zero-order valence-electron chi connectivity index (χ0n) is 13.3. The zero-order valence-corrected chi connectivity index (χ0v) is 13.3. The first kappa shape index (κ1) is 14.5. The van der Waals surface area contributed by atoms with Gasteiger partial charge in [-0.25, -0.2) is 4.39 Å². The molecule has 0 amide bonds. The fourth-order valence-electron chi connectivity index (χ4n) is 3.63. The highest BCUT2D eigenvalue weighted by Gasteiger charge is 2.27. The summed E-state index contributed by atoms with van der Waals surface area (Å²) in [6.45, 7) is 1.70. The van der Waals surface area contributed by atoms with E-state index in [0.29, 0.717) is 23.6 Å². The van der Waals surface area contributed by atoms with Gasteiger partial charge >= 0.3 is 0 Å². The average molecular weight is 338 g/mol. The van der Waals surface area contributed by atoms with Gasteiger partial charge < -0.3 is 14.8 Å². The normalized spacial score (nSPS) is 15.4. The van der Waals surface area contributed by atoms with Crippen LogP contribution in [-0.2, 0) is 13.0 Å². The summed E-state index contributed by atoms with van der Waals surface area (Å²) < 4.78 is 25.9. The summed E-state index contributed by atoms with van der Waals surface area (Å²) in [5, 5.41) is 4.34. The molecule has 2 aliphatic heterocycles. The third kappa shape index (κ3) is 2.14. The van der Waals surface area contributed by atoms with E-state index in [9.17, 15) is 9.18 Å². The highest BCUT2D eigenvalue weighted by molar-refractivity contribution is 6.05. The van der Waals surface area contributed by atoms with E-state index in [2.05, 4.69) is 5.32 Å². The minimum Gasteiger partial charge on any atom is -0.454 e. The first-order valence-electron chi connectivity index (χ1n) is 8.19. The lowest BCUT2D eigenvalue weighted by Gasteiger charge is -2.16. The van der Waals surface area contributed by atoms with Crippen LogP contribution < -0.4 is 14.8 Å². The lowest BCUT2D eigenvalue weighted by Crippen LogP contribution is -2.26. The Morgan fingerprint density at radius 1 is 1.12 bits per heavy atom. The lowest BCUT2D eigenvalue weighted by atomic mass is 10.1. The van der Waals surface area contributed by atoms with Crippen molar-refractivity contribution in [2.24, 2.45) is 0 Å². The first-order chi connectivity index (χ1) is 12.2. The molecular formula is C19H15FN2O3. The molecule has 3 aromatic rings. The minimum atomic E-state index is -0.358. The maximum Gasteiger partial charge on any atom is 0.262 e. The fraction of sp³-hybridized carbons (Fsp3) is 0.211. The molecule has 0 atom stereocenters. The Kier molecular flexibility index (Phi) is 3.08. The number of aromatic nitrogens is 1. The van der Waals surface area contributed by atoms with Gasteiger partial charge in [0.05, 0.1) is 5.52 Å². The van der Waals surface area contributed by atoms with Gasteiger partial charge in [-0.3, -0.25) is 9.36 Å². The van der Waals surface area contributed by atoms with Gasteiger partial charge in [0.1, 0.15) is 5.82 Å². The second kappa shape index (κ2) is 5.32. The SMILES string of the molecule is O=C(c1ccc(F)cc1)n1c2c(c3cc4c(cc31)OCO4)CNCC2. The highest BCUT2D eigenvalue weighted by Crippen LogP contribution is 2.40. The first-order valence-corrected chi connectivity index (χ1v) is 8.19. The third-order valence-corrected chi connectivity index (χ3v) is 4.81. The van der Waals surface area contributed by atoms with Crippen molar-refractivity contribution in [2.45, 2.75) is 13.0 Å². The summed E-state index contributed by atoms with van der Waals surface area (Å²) in [7, 11) is 0. The number of rotatable bonds is 1. The van der Waals surface area contributed by atoms with Gasteiger partial charge in [-0.05, 0) is 35.9 Å². The number of ether oxygens (including phenoxy) is 2. The van der Waals surface area contributed by atoms with Crippen molar-refractivity contribution in [3.8, 4) is 11.5 Å². The molecule has 1 N–H and O–H groups in total. The van der Waals surface area contributed by atoms with Crippen LogP contribution in [0.1, 0.15) is 21.6 Å². The largest absolute Gasteiger partial charge is 0.454 e. The molecule has 25 heavy (non-hydrogen) atoms. The predicted molar refractivity (Wildman–Crippen MR) is 89.6 cm³/mol. The Bertz CT molecular complexity index is 1010. The van der Waals surface area contributed by atoms with Gasteiger partial charge in [0.15, 0.2) is 11.5 Å². The minimum absolute atomic E-state index is 0.160. The molecule has 0 fully saturated rings. The summed E-state index contributed by atoms with van der Waals surface area (Å²) in [4.78, 5) is 13.2. The van der Waals surface area contributed by atoms with E-state index in [-0.39, 0.29) is 18.5 Å². The van der Waals surface area contributed by atoms with E-state index >= 15 is 0 Å². The average Bonchev–Trinajstić information content (AvgIpc) is 3.21. The fourth-order valence-corrected chi connectivity index (χ4v) is 3.63. The number of carbonyl (C=O) groups is 1. The molecule has 1 aromatic heterocycles. The van der Waals surface area contributed by atoms with E-state index in [4.69, 9.17) is 9.47 Å². The summed E-state index contributed by atoms with van der Waals surface area (Å²) >= 11 is 0. The second-order valence-electron chi connectivity index (χ2n) is 6.22. The van der Waals surface area contributed by atoms with Crippen LogP contribution in [0.4, 0.5) is 4.39 Å². The molecular weight excluding hydrogens is 323 g/mol. The molecule has 0 spiro atoms. The van der Waals surface area contributed by atoms with Crippen LogP contribution in [0, 0.1) is 5.82 Å². The van der Waals surface area contributed by atoms with Crippen LogP contribution in [0.15, 0.2) is 36.4 Å². The Labute approximate surface area is 143 Å². The third-order valence-electron chi connectivity index (χ3n) is 4.81. The number of fused-ring (bicyclic) bond motifs is 4. The maximum atomic E-state index is 13.2. The van der Waals surface area contributed by atoms with Gasteiger partial charge in [-0.1, -0.05) is 0 Å². The molecule has 2 aromatic carbocycles. The Morgan fingerprint density at radius 3 is 2.68 bits per heavy atom. The number of carbonyl (C=O) groups excluding carboxylic acids is 1. The van der Waals surface area contributed by atoms with Crippen LogP contribution in [0.5, 0.6) is 11.5 Å². The smallest absolute Gasteiger partial charge is 0.262 e. The number of hydrogen-bond donors (Lipinski definition) is 1. The van der Waals surface area contributed by atoms with Crippen molar-refractivity contribution in [3.63, 3.8) is 0 Å². The number of nitrogens with one attached hydrogen (secondary N) is 1. The maximum absolute atomic E-state index is 13.2. The molecule has 126 valence electrons. The summed E-state index contributed by atoms with van der Waals surface area (Å²) in [5.41, 5.74) is 3.35. The van der Waals surface area contributed by atoms with E-state index < -0.39 is 0 Å². The van der Waals surface area contributed by atoms with Gasteiger partial charge in [0, 0.05) is 42.2 Å². The number of hydrogen-bond acceptors (Lipinski definition) is 4. The number of benzene rings is 2. The summed E-state index contributed by atoms with van der Waals surface area (Å²) in [5.74, 6) is 0.825. The molecule has 0 unspecified atom stereocenters. The van der Waals surface area contributed by atoms with Crippen molar-refractivity contribution in [1.29, 1.82) is 0 Å². The second-order valence-corrected chi connectivity index (χ2v) is 6.22. The molecule has 0 saturated heterocycles. The van der Waals surface area contributed by atoms with Crippen LogP contribution >= 0.6 is 0 Å². The van der Waals surface area contributed by atoms with Crippen LogP contribution in [0.3, 0.4) is 0 Å². The molecule has 0 bridgehead atoms. The Hall–Kier alpha value is -2.86. The zero-order chi connectivity index (χ0) is 17.0. The molecule has 5 nitrogen and oxygen atoms in total. The lowest BCUT2D eigenvalue weighted by molar-refractivity contribution is 0.0961. The van der Waals surface area contributed by atoms with E-state index in [1.165, 1.54) is 24.3 Å². The van der Waals surface area contributed by atoms with Gasteiger partial charge in [-0.2, -0.15) is 0 Å². The van der Waals surface area contributed by atoms with Gasteiger partial charge in [0.2, 0.25) is 6.79 Å². The van der Waals surface area contributed by atoms with Crippen molar-refractivity contribution in [3.05, 3.63) is 59.0 Å². The van der Waals surface area contributed by atoms with E-state index in [0.717, 1.165) is 35.1 Å². The predicted octanol–water partition coefficient (Wildman–Crippen LogP) is 2.84. The van der Waals surface area contributed by atoms with Gasteiger partial charge in [0.25, 0.3) is 5.91 Å². The van der Waals surface area contributed by atoms with Crippen LogP contribution in [-0.4, -0.2) is 23.8 Å². The number of nitrogens with zero attached hydrogens (tertiary/aromatic N) is 1. The monoisotopic (exact) mass is 338 g/mol. The number of halogens is 1. The Morgan fingerprint density at radius 2 is 1.88 bits per heavy atom. The van der Waals surface area contributed by atoms with Crippen molar-refractivity contribution in [2.75, 3.05) is 13.3 Å². The summed E-state index contributed by atoms with van der Waals surface area (Å²) in [6.07, 6.45) is 0.753. The molecule has 3 heterocycles. The summed E-state index contributed by atoms with van der Waals surface area (Å²) in [6, 6.07) is 9.45. The molecule has 0 radical (unpaired) electrons. The van der Waals surface area contributed by atoms with Crippen LogP contribution in [0.2, 0.25) is 0 Å². The van der Waals surface area contributed by atoms with Crippen molar-refractivity contribution >= 4 is 16.8 Å².